The van der Waals surface area contributed by atoms with E-state index in [-0.39, 0.29) is 23.7 Å². The molecule has 0 N–H and O–H groups in total. The summed E-state index contributed by atoms with van der Waals surface area (Å²) >= 11 is 3.33. The van der Waals surface area contributed by atoms with Gasteiger partial charge in [0.15, 0.2) is 0 Å². The van der Waals surface area contributed by atoms with Gasteiger partial charge in [0.1, 0.15) is 5.75 Å². The van der Waals surface area contributed by atoms with Gasteiger partial charge in [-0.05, 0) is 73.7 Å². The van der Waals surface area contributed by atoms with E-state index in [4.69, 9.17) is 4.74 Å². The first-order valence-corrected chi connectivity index (χ1v) is 10.2. The van der Waals surface area contributed by atoms with Gasteiger partial charge >= 0.3 is 5.97 Å². The molecular weight excluding hydrogens is 422 g/mol. The van der Waals surface area contributed by atoms with Crippen LogP contribution in [0, 0.1) is 17.8 Å². The molecule has 1 aliphatic carbocycles. The van der Waals surface area contributed by atoms with Crippen LogP contribution in [0.5, 0.6) is 5.75 Å². The molecule has 6 heteroatoms. The minimum atomic E-state index is -0.490. The van der Waals surface area contributed by atoms with E-state index in [0.717, 1.165) is 23.7 Å². The Hall–Kier alpha value is -2.47. The molecule has 0 aromatic heterocycles. The Morgan fingerprint density at radius 3 is 2.29 bits per heavy atom. The summed E-state index contributed by atoms with van der Waals surface area (Å²) in [6.45, 7) is 2.13. The fourth-order valence-electron chi connectivity index (χ4n) is 4.06. The highest BCUT2D eigenvalue weighted by Gasteiger charge is 2.49. The molecule has 2 aliphatic rings. The SMILES string of the molecule is C[C@H]1CC[C@H]2C(=O)N(c3ccc(C(=O)Oc4ccc(Br)cc4)cc3)C(=O)[C@@H]2C1. The third kappa shape index (κ3) is 3.49. The van der Waals surface area contributed by atoms with Crippen LogP contribution >= 0.6 is 15.9 Å². The molecule has 1 aliphatic heterocycles. The smallest absolute Gasteiger partial charge is 0.343 e. The van der Waals surface area contributed by atoms with Gasteiger partial charge < -0.3 is 4.74 Å². The van der Waals surface area contributed by atoms with Crippen molar-refractivity contribution < 1.29 is 19.1 Å². The molecule has 28 heavy (non-hydrogen) atoms. The second kappa shape index (κ2) is 7.51. The van der Waals surface area contributed by atoms with Crippen molar-refractivity contribution in [2.24, 2.45) is 17.8 Å². The summed E-state index contributed by atoms with van der Waals surface area (Å²) in [5, 5.41) is 0. The largest absolute Gasteiger partial charge is 0.423 e. The first kappa shape index (κ1) is 18.9. The summed E-state index contributed by atoms with van der Waals surface area (Å²) in [4.78, 5) is 39.2. The first-order valence-electron chi connectivity index (χ1n) is 9.39. The fraction of sp³-hybridized carbons (Fsp3) is 0.318. The third-order valence-corrected chi connectivity index (χ3v) is 6.10. The van der Waals surface area contributed by atoms with Crippen molar-refractivity contribution >= 4 is 39.4 Å². The Morgan fingerprint density at radius 1 is 0.964 bits per heavy atom. The Labute approximate surface area is 171 Å². The van der Waals surface area contributed by atoms with Crippen LogP contribution < -0.4 is 9.64 Å². The standard InChI is InChI=1S/C22H20BrNO4/c1-13-2-11-18-19(12-13)21(26)24(20(18)25)16-7-3-14(4-8-16)22(27)28-17-9-5-15(23)6-10-17/h3-10,13,18-19H,2,11-12H2,1H3/t13-,18+,19+/m0/s1. The number of esters is 1. The summed E-state index contributed by atoms with van der Waals surface area (Å²) in [7, 11) is 0. The van der Waals surface area contributed by atoms with Crippen molar-refractivity contribution in [1.29, 1.82) is 0 Å². The summed E-state index contributed by atoms with van der Waals surface area (Å²) in [5.74, 6) is -0.229. The lowest BCUT2D eigenvalue weighted by molar-refractivity contribution is -0.122. The molecule has 0 radical (unpaired) electrons. The highest BCUT2D eigenvalue weighted by Crippen LogP contribution is 2.42. The lowest BCUT2D eigenvalue weighted by atomic mass is 9.76. The van der Waals surface area contributed by atoms with E-state index in [1.54, 1.807) is 48.5 Å². The van der Waals surface area contributed by atoms with Crippen LogP contribution in [0.3, 0.4) is 0 Å². The van der Waals surface area contributed by atoms with Gasteiger partial charge in [0.05, 0.1) is 23.1 Å². The number of benzene rings is 2. The number of hydrogen-bond donors (Lipinski definition) is 0. The van der Waals surface area contributed by atoms with Gasteiger partial charge in [0, 0.05) is 4.47 Å². The Balaban J connectivity index is 1.50. The number of ether oxygens (including phenoxy) is 1. The van der Waals surface area contributed by atoms with Gasteiger partial charge in [0.2, 0.25) is 11.8 Å². The van der Waals surface area contributed by atoms with E-state index in [1.165, 1.54) is 4.90 Å². The summed E-state index contributed by atoms with van der Waals surface area (Å²) in [5.41, 5.74) is 0.869. The summed E-state index contributed by atoms with van der Waals surface area (Å²) in [6, 6.07) is 13.4. The highest BCUT2D eigenvalue weighted by molar-refractivity contribution is 9.10. The fourth-order valence-corrected chi connectivity index (χ4v) is 4.32. The van der Waals surface area contributed by atoms with Gasteiger partial charge in [-0.15, -0.1) is 0 Å². The average molecular weight is 442 g/mol. The molecular formula is C22H20BrNO4. The molecule has 1 saturated carbocycles. The lowest BCUT2D eigenvalue weighted by Crippen LogP contribution is -2.30. The average Bonchev–Trinajstić information content (AvgIpc) is 2.93. The second-order valence-electron chi connectivity index (χ2n) is 7.53. The zero-order valence-electron chi connectivity index (χ0n) is 15.4. The number of carbonyl (C=O) groups is 3. The molecule has 2 fully saturated rings. The molecule has 144 valence electrons. The van der Waals surface area contributed by atoms with Crippen molar-refractivity contribution in [2.75, 3.05) is 4.90 Å². The predicted molar refractivity (Wildman–Crippen MR) is 108 cm³/mol. The molecule has 1 saturated heterocycles. The molecule has 0 unspecified atom stereocenters. The van der Waals surface area contributed by atoms with E-state index in [2.05, 4.69) is 22.9 Å². The number of carbonyl (C=O) groups excluding carboxylic acids is 3. The number of rotatable bonds is 3. The van der Waals surface area contributed by atoms with Crippen molar-refractivity contribution in [1.82, 2.24) is 0 Å². The van der Waals surface area contributed by atoms with Crippen molar-refractivity contribution in [3.63, 3.8) is 0 Å². The molecule has 2 aromatic rings. The van der Waals surface area contributed by atoms with Crippen LogP contribution in [0.1, 0.15) is 36.5 Å². The predicted octanol–water partition coefficient (Wildman–Crippen LogP) is 4.59. The maximum atomic E-state index is 12.8. The quantitative estimate of drug-likeness (QED) is 0.396. The zero-order chi connectivity index (χ0) is 19.8. The van der Waals surface area contributed by atoms with Crippen LogP contribution in [0.25, 0.3) is 0 Å². The number of nitrogens with zero attached hydrogens (tertiary/aromatic N) is 1. The van der Waals surface area contributed by atoms with Crippen LogP contribution in [0.2, 0.25) is 0 Å². The minimum absolute atomic E-state index is 0.118. The van der Waals surface area contributed by atoms with Crippen LogP contribution in [0.15, 0.2) is 53.0 Å². The molecule has 3 atom stereocenters. The molecule has 1 heterocycles. The number of halogens is 1. The monoisotopic (exact) mass is 441 g/mol. The van der Waals surface area contributed by atoms with Crippen molar-refractivity contribution in [3.05, 3.63) is 58.6 Å². The Morgan fingerprint density at radius 2 is 1.61 bits per heavy atom. The summed E-state index contributed by atoms with van der Waals surface area (Å²) in [6.07, 6.45) is 2.52. The van der Waals surface area contributed by atoms with Gasteiger partial charge in [-0.2, -0.15) is 0 Å². The first-order chi connectivity index (χ1) is 13.4. The Kier molecular flexibility index (Phi) is 5.06. The summed E-state index contributed by atoms with van der Waals surface area (Å²) < 4.78 is 6.24. The van der Waals surface area contributed by atoms with E-state index >= 15 is 0 Å². The Bertz CT molecular complexity index is 923. The van der Waals surface area contributed by atoms with Gasteiger partial charge in [-0.1, -0.05) is 22.9 Å². The molecule has 2 aromatic carbocycles. The van der Waals surface area contributed by atoms with Crippen LogP contribution in [0.4, 0.5) is 5.69 Å². The van der Waals surface area contributed by atoms with Gasteiger partial charge in [-0.25, -0.2) is 4.79 Å². The lowest BCUT2D eigenvalue weighted by Gasteiger charge is -2.25. The molecule has 0 bridgehead atoms. The third-order valence-electron chi connectivity index (χ3n) is 5.57. The minimum Gasteiger partial charge on any atom is -0.423 e. The molecule has 5 nitrogen and oxygen atoms in total. The number of anilines is 1. The zero-order valence-corrected chi connectivity index (χ0v) is 17.0. The maximum absolute atomic E-state index is 12.8. The normalized spacial score (nSPS) is 24.2. The van der Waals surface area contributed by atoms with Crippen molar-refractivity contribution in [3.8, 4) is 5.75 Å². The second-order valence-corrected chi connectivity index (χ2v) is 8.45. The number of fused-ring (bicyclic) bond motifs is 1. The number of imide groups is 1. The molecule has 0 spiro atoms. The number of amides is 2. The molecule has 4 rings (SSSR count). The van der Waals surface area contributed by atoms with Crippen LogP contribution in [-0.4, -0.2) is 17.8 Å². The van der Waals surface area contributed by atoms with Gasteiger partial charge in [-0.3, -0.25) is 14.5 Å². The van der Waals surface area contributed by atoms with Crippen LogP contribution in [-0.2, 0) is 9.59 Å². The highest BCUT2D eigenvalue weighted by atomic mass is 79.9. The van der Waals surface area contributed by atoms with E-state index < -0.39 is 5.97 Å². The van der Waals surface area contributed by atoms with E-state index in [0.29, 0.717) is 22.9 Å². The van der Waals surface area contributed by atoms with E-state index in [9.17, 15) is 14.4 Å². The number of hydrogen-bond acceptors (Lipinski definition) is 4. The van der Waals surface area contributed by atoms with Crippen molar-refractivity contribution in [2.45, 2.75) is 26.2 Å². The van der Waals surface area contributed by atoms with Gasteiger partial charge in [0.25, 0.3) is 0 Å². The van der Waals surface area contributed by atoms with E-state index in [1.807, 2.05) is 0 Å². The topological polar surface area (TPSA) is 63.7 Å². The molecule has 2 amide bonds. The maximum Gasteiger partial charge on any atom is 0.343 e.